The van der Waals surface area contributed by atoms with Crippen molar-refractivity contribution in [1.82, 2.24) is 10.6 Å². The zero-order valence-electron chi connectivity index (χ0n) is 12.8. The van der Waals surface area contributed by atoms with Gasteiger partial charge in [0.05, 0.1) is 20.3 Å². The van der Waals surface area contributed by atoms with Crippen LogP contribution in [0.2, 0.25) is 0 Å². The van der Waals surface area contributed by atoms with Crippen molar-refractivity contribution in [2.75, 3.05) is 20.8 Å². The lowest BCUT2D eigenvalue weighted by Crippen LogP contribution is -2.39. The number of ether oxygens (including phenoxy) is 2. The van der Waals surface area contributed by atoms with Gasteiger partial charge in [-0.25, -0.2) is 0 Å². The van der Waals surface area contributed by atoms with Crippen molar-refractivity contribution < 1.29 is 14.3 Å². The molecule has 1 aromatic rings. The first kappa shape index (κ1) is 16.8. The maximum atomic E-state index is 11.0. The van der Waals surface area contributed by atoms with Crippen LogP contribution in [0.25, 0.3) is 0 Å². The summed E-state index contributed by atoms with van der Waals surface area (Å²) < 4.78 is 10.5. The lowest BCUT2D eigenvalue weighted by atomic mass is 10.1. The number of nitrogens with one attached hydrogen (secondary N) is 2. The van der Waals surface area contributed by atoms with Gasteiger partial charge in [0.15, 0.2) is 0 Å². The van der Waals surface area contributed by atoms with Crippen molar-refractivity contribution in [3.8, 4) is 17.6 Å². The minimum atomic E-state index is -0.550. The first-order valence-electron chi connectivity index (χ1n) is 6.63. The van der Waals surface area contributed by atoms with E-state index in [9.17, 15) is 10.1 Å². The van der Waals surface area contributed by atoms with Crippen molar-refractivity contribution >= 4 is 5.91 Å². The smallest absolute Gasteiger partial charge is 0.217 e. The monoisotopic (exact) mass is 291 g/mol. The number of hydrogen-bond acceptors (Lipinski definition) is 5. The summed E-state index contributed by atoms with van der Waals surface area (Å²) in [5.74, 6) is 1.17. The maximum absolute atomic E-state index is 11.0. The van der Waals surface area contributed by atoms with E-state index >= 15 is 0 Å². The number of carbonyl (C=O) groups is 1. The third-order valence-corrected chi connectivity index (χ3v) is 2.95. The summed E-state index contributed by atoms with van der Waals surface area (Å²) in [6.07, 6.45) is 0. The molecule has 0 bridgehead atoms. The second-order valence-corrected chi connectivity index (χ2v) is 4.68. The zero-order chi connectivity index (χ0) is 15.8. The summed E-state index contributed by atoms with van der Waals surface area (Å²) in [6, 6.07) is 6.87. The number of hydrogen-bond donors (Lipinski definition) is 2. The van der Waals surface area contributed by atoms with Crippen LogP contribution in [0.3, 0.4) is 0 Å². The lowest BCUT2D eigenvalue weighted by Gasteiger charge is -2.19. The topological polar surface area (TPSA) is 83.4 Å². The number of nitrogens with zero attached hydrogens (tertiary/aromatic N) is 1. The normalized spacial score (nSPS) is 12.9. The highest BCUT2D eigenvalue weighted by molar-refractivity contribution is 5.73. The van der Waals surface area contributed by atoms with Crippen molar-refractivity contribution in [2.45, 2.75) is 25.9 Å². The van der Waals surface area contributed by atoms with E-state index < -0.39 is 6.04 Å². The molecule has 1 aromatic carbocycles. The van der Waals surface area contributed by atoms with Gasteiger partial charge in [0, 0.05) is 25.1 Å². The summed E-state index contributed by atoms with van der Waals surface area (Å²) in [6.45, 7) is 3.80. The van der Waals surface area contributed by atoms with Crippen LogP contribution >= 0.6 is 0 Å². The number of rotatable bonds is 7. The van der Waals surface area contributed by atoms with Crippen LogP contribution in [0.15, 0.2) is 18.2 Å². The number of carbonyl (C=O) groups excluding carboxylic acids is 1. The molecule has 0 spiro atoms. The molecule has 0 saturated carbocycles. The average molecular weight is 291 g/mol. The number of benzene rings is 1. The molecule has 2 unspecified atom stereocenters. The van der Waals surface area contributed by atoms with Gasteiger partial charge in [-0.2, -0.15) is 5.26 Å². The van der Waals surface area contributed by atoms with Gasteiger partial charge in [0.25, 0.3) is 0 Å². The second-order valence-electron chi connectivity index (χ2n) is 4.68. The summed E-state index contributed by atoms with van der Waals surface area (Å²) in [7, 11) is 3.12. The van der Waals surface area contributed by atoms with Crippen LogP contribution in [-0.4, -0.2) is 32.7 Å². The van der Waals surface area contributed by atoms with Crippen molar-refractivity contribution in [3.63, 3.8) is 0 Å². The van der Waals surface area contributed by atoms with Crippen LogP contribution in [0.4, 0.5) is 0 Å². The van der Waals surface area contributed by atoms with Crippen LogP contribution in [-0.2, 0) is 4.79 Å². The molecule has 0 saturated heterocycles. The fourth-order valence-electron chi connectivity index (χ4n) is 1.98. The Morgan fingerprint density at radius 1 is 1.38 bits per heavy atom. The fraction of sp³-hybridized carbons (Fsp3) is 0.467. The Labute approximate surface area is 125 Å². The number of methoxy groups -OCH3 is 2. The molecular weight excluding hydrogens is 270 g/mol. The Kier molecular flexibility index (Phi) is 6.50. The van der Waals surface area contributed by atoms with Gasteiger partial charge in [-0.15, -0.1) is 0 Å². The highest BCUT2D eigenvalue weighted by Gasteiger charge is 2.17. The molecule has 6 heteroatoms. The Balaban J connectivity index is 2.84. The largest absolute Gasteiger partial charge is 0.497 e. The SMILES string of the molecule is COc1ccc(OC)c(C(C#N)NCC(C)NC(C)=O)c1. The molecule has 2 N–H and O–H groups in total. The Bertz CT molecular complexity index is 525. The fourth-order valence-corrected chi connectivity index (χ4v) is 1.98. The van der Waals surface area contributed by atoms with E-state index in [1.165, 1.54) is 6.92 Å². The summed E-state index contributed by atoms with van der Waals surface area (Å²) >= 11 is 0. The van der Waals surface area contributed by atoms with Crippen LogP contribution < -0.4 is 20.1 Å². The molecule has 0 aromatic heterocycles. The Morgan fingerprint density at radius 2 is 2.10 bits per heavy atom. The standard InChI is InChI=1S/C15H21N3O3/c1-10(18-11(2)19)9-17-14(8-16)13-7-12(20-3)5-6-15(13)21-4/h5-7,10,14,17H,9H2,1-4H3,(H,18,19). The Hall–Kier alpha value is -2.26. The molecule has 0 aliphatic carbocycles. The minimum absolute atomic E-state index is 0.0741. The molecule has 0 aliphatic heterocycles. The molecule has 1 rings (SSSR count). The van der Waals surface area contributed by atoms with E-state index in [4.69, 9.17) is 9.47 Å². The van der Waals surface area contributed by atoms with Crippen molar-refractivity contribution in [1.29, 1.82) is 5.26 Å². The van der Waals surface area contributed by atoms with E-state index in [2.05, 4.69) is 16.7 Å². The number of nitriles is 1. The van der Waals surface area contributed by atoms with Gasteiger partial charge >= 0.3 is 0 Å². The van der Waals surface area contributed by atoms with Crippen LogP contribution in [0, 0.1) is 11.3 Å². The predicted octanol–water partition coefficient (Wildman–Crippen LogP) is 1.38. The second kappa shape index (κ2) is 8.12. The third-order valence-electron chi connectivity index (χ3n) is 2.95. The van der Waals surface area contributed by atoms with Gasteiger partial charge in [-0.1, -0.05) is 0 Å². The molecular formula is C15H21N3O3. The Morgan fingerprint density at radius 3 is 2.62 bits per heavy atom. The van der Waals surface area contributed by atoms with E-state index in [1.54, 1.807) is 32.4 Å². The van der Waals surface area contributed by atoms with E-state index in [0.717, 1.165) is 0 Å². The van der Waals surface area contributed by atoms with Crippen LogP contribution in [0.1, 0.15) is 25.5 Å². The summed E-state index contributed by atoms with van der Waals surface area (Å²) in [5, 5.41) is 15.2. The zero-order valence-corrected chi connectivity index (χ0v) is 12.8. The molecule has 2 atom stereocenters. The first-order chi connectivity index (χ1) is 10.0. The quantitative estimate of drug-likeness (QED) is 0.793. The first-order valence-corrected chi connectivity index (χ1v) is 6.63. The molecule has 0 fully saturated rings. The maximum Gasteiger partial charge on any atom is 0.217 e. The minimum Gasteiger partial charge on any atom is -0.497 e. The van der Waals surface area contributed by atoms with Crippen molar-refractivity contribution in [3.05, 3.63) is 23.8 Å². The lowest BCUT2D eigenvalue weighted by molar-refractivity contribution is -0.119. The van der Waals surface area contributed by atoms with E-state index in [1.807, 2.05) is 6.92 Å². The number of amides is 1. The van der Waals surface area contributed by atoms with E-state index in [0.29, 0.717) is 23.6 Å². The summed E-state index contributed by atoms with van der Waals surface area (Å²) in [4.78, 5) is 11.0. The molecule has 1 amide bonds. The molecule has 0 heterocycles. The highest BCUT2D eigenvalue weighted by atomic mass is 16.5. The van der Waals surface area contributed by atoms with Crippen molar-refractivity contribution in [2.24, 2.45) is 0 Å². The molecule has 6 nitrogen and oxygen atoms in total. The van der Waals surface area contributed by atoms with Gasteiger partial charge < -0.3 is 14.8 Å². The van der Waals surface area contributed by atoms with Gasteiger partial charge in [0.2, 0.25) is 5.91 Å². The molecule has 0 radical (unpaired) electrons. The molecule has 114 valence electrons. The van der Waals surface area contributed by atoms with Crippen LogP contribution in [0.5, 0.6) is 11.5 Å². The summed E-state index contributed by atoms with van der Waals surface area (Å²) in [5.41, 5.74) is 0.703. The highest BCUT2D eigenvalue weighted by Crippen LogP contribution is 2.29. The average Bonchev–Trinajstić information content (AvgIpc) is 2.46. The van der Waals surface area contributed by atoms with Gasteiger partial charge in [-0.05, 0) is 25.1 Å². The predicted molar refractivity (Wildman–Crippen MR) is 79.2 cm³/mol. The molecule has 21 heavy (non-hydrogen) atoms. The van der Waals surface area contributed by atoms with E-state index in [-0.39, 0.29) is 11.9 Å². The third kappa shape index (κ3) is 4.97. The van der Waals surface area contributed by atoms with Gasteiger partial charge in [0.1, 0.15) is 17.5 Å². The van der Waals surface area contributed by atoms with Gasteiger partial charge in [-0.3, -0.25) is 10.1 Å². The molecule has 0 aliphatic rings.